The van der Waals surface area contributed by atoms with E-state index in [0.717, 1.165) is 29.5 Å². The minimum Gasteiger partial charge on any atom is -0.356 e. The maximum Gasteiger partial charge on any atom is 0.228 e. The van der Waals surface area contributed by atoms with Crippen molar-refractivity contribution < 1.29 is 14.4 Å². The van der Waals surface area contributed by atoms with Crippen LogP contribution in [0.15, 0.2) is 54.6 Å². The number of nitrogens with one attached hydrogen (secondary N) is 1. The Morgan fingerprint density at radius 2 is 1.82 bits per heavy atom. The largest absolute Gasteiger partial charge is 0.356 e. The molecule has 174 valence electrons. The van der Waals surface area contributed by atoms with Crippen LogP contribution < -0.4 is 5.32 Å². The first-order valence-electron chi connectivity index (χ1n) is 11.9. The fourth-order valence-corrected chi connectivity index (χ4v) is 5.30. The van der Waals surface area contributed by atoms with Crippen LogP contribution in [0.3, 0.4) is 0 Å². The van der Waals surface area contributed by atoms with Gasteiger partial charge in [-0.1, -0.05) is 54.6 Å². The van der Waals surface area contributed by atoms with E-state index in [2.05, 4.69) is 29.6 Å². The molecule has 1 N–H and O–H groups in total. The van der Waals surface area contributed by atoms with Crippen LogP contribution in [0.5, 0.6) is 0 Å². The zero-order valence-electron chi connectivity index (χ0n) is 19.5. The van der Waals surface area contributed by atoms with Gasteiger partial charge in [0.1, 0.15) is 0 Å². The van der Waals surface area contributed by atoms with Crippen molar-refractivity contribution in [2.45, 2.75) is 32.6 Å². The van der Waals surface area contributed by atoms with E-state index in [1.807, 2.05) is 42.2 Å². The van der Waals surface area contributed by atoms with E-state index in [0.29, 0.717) is 32.6 Å². The molecule has 2 atom stereocenters. The van der Waals surface area contributed by atoms with Crippen LogP contribution in [-0.2, 0) is 20.8 Å². The quantitative estimate of drug-likeness (QED) is 0.740. The number of piperidine rings is 1. The molecule has 3 amide bonds. The summed E-state index contributed by atoms with van der Waals surface area (Å²) in [6.45, 7) is 3.95. The number of carbonyl (C=O) groups is 3. The van der Waals surface area contributed by atoms with E-state index < -0.39 is 5.41 Å². The predicted octanol–water partition coefficient (Wildman–Crippen LogP) is 3.12. The van der Waals surface area contributed by atoms with Crippen LogP contribution >= 0.6 is 0 Å². The van der Waals surface area contributed by atoms with Crippen molar-refractivity contribution in [2.24, 2.45) is 11.3 Å². The molecule has 4 rings (SSSR count). The summed E-state index contributed by atoms with van der Waals surface area (Å²) in [5.74, 6) is -0.302. The van der Waals surface area contributed by atoms with Crippen LogP contribution in [0.2, 0.25) is 0 Å². The summed E-state index contributed by atoms with van der Waals surface area (Å²) < 4.78 is 0. The van der Waals surface area contributed by atoms with Gasteiger partial charge < -0.3 is 15.1 Å². The Kier molecular flexibility index (Phi) is 6.82. The van der Waals surface area contributed by atoms with Gasteiger partial charge in [-0.15, -0.1) is 0 Å². The van der Waals surface area contributed by atoms with E-state index in [-0.39, 0.29) is 30.1 Å². The molecule has 0 radical (unpaired) electrons. The maximum atomic E-state index is 13.5. The van der Waals surface area contributed by atoms with Crippen molar-refractivity contribution in [1.82, 2.24) is 15.1 Å². The van der Waals surface area contributed by atoms with Crippen molar-refractivity contribution in [3.05, 3.63) is 60.2 Å². The number of rotatable bonds is 6. The highest BCUT2D eigenvalue weighted by atomic mass is 16.2. The number of likely N-dealkylation sites (tertiary alicyclic amines) is 2. The predicted molar refractivity (Wildman–Crippen MR) is 128 cm³/mol. The second-order valence-electron chi connectivity index (χ2n) is 9.38. The lowest BCUT2D eigenvalue weighted by molar-refractivity contribution is -0.144. The van der Waals surface area contributed by atoms with Crippen LogP contribution in [-0.4, -0.2) is 60.7 Å². The van der Waals surface area contributed by atoms with Gasteiger partial charge in [-0.2, -0.15) is 0 Å². The Hall–Kier alpha value is -3.15. The number of benzene rings is 2. The molecule has 6 heteroatoms. The fourth-order valence-electron chi connectivity index (χ4n) is 5.30. The van der Waals surface area contributed by atoms with Gasteiger partial charge in [0.2, 0.25) is 17.7 Å². The molecule has 0 aromatic heterocycles. The molecule has 0 saturated carbocycles. The zero-order chi connectivity index (χ0) is 23.4. The highest BCUT2D eigenvalue weighted by molar-refractivity contribution is 5.90. The smallest absolute Gasteiger partial charge is 0.228 e. The minimum atomic E-state index is -0.691. The van der Waals surface area contributed by atoms with Gasteiger partial charge >= 0.3 is 0 Å². The third-order valence-corrected chi connectivity index (χ3v) is 7.03. The molecule has 0 bridgehead atoms. The van der Waals surface area contributed by atoms with Gasteiger partial charge in [-0.3, -0.25) is 14.4 Å². The molecular weight excluding hydrogens is 414 g/mol. The van der Waals surface area contributed by atoms with Crippen molar-refractivity contribution >= 4 is 17.7 Å². The molecule has 2 fully saturated rings. The summed E-state index contributed by atoms with van der Waals surface area (Å²) in [6.07, 6.45) is 2.33. The number of hydrogen-bond acceptors (Lipinski definition) is 3. The summed E-state index contributed by atoms with van der Waals surface area (Å²) in [6, 6.07) is 18.4. The van der Waals surface area contributed by atoms with Crippen LogP contribution in [0.4, 0.5) is 0 Å². The average Bonchev–Trinajstić information content (AvgIpc) is 3.18. The first kappa shape index (κ1) is 23.0. The lowest BCUT2D eigenvalue weighted by Gasteiger charge is -2.42. The van der Waals surface area contributed by atoms with Crippen LogP contribution in [0.1, 0.15) is 31.7 Å². The first-order valence-corrected chi connectivity index (χ1v) is 11.9. The Morgan fingerprint density at radius 3 is 2.52 bits per heavy atom. The monoisotopic (exact) mass is 447 g/mol. The van der Waals surface area contributed by atoms with E-state index in [4.69, 9.17) is 0 Å². The Bertz CT molecular complexity index is 1020. The highest BCUT2D eigenvalue weighted by Crippen LogP contribution is 2.38. The number of amides is 3. The van der Waals surface area contributed by atoms with Gasteiger partial charge in [0, 0.05) is 39.6 Å². The van der Waals surface area contributed by atoms with Gasteiger partial charge in [0.05, 0.1) is 11.3 Å². The summed E-state index contributed by atoms with van der Waals surface area (Å²) in [4.78, 5) is 42.2. The summed E-state index contributed by atoms with van der Waals surface area (Å²) >= 11 is 0. The molecule has 2 aromatic carbocycles. The van der Waals surface area contributed by atoms with Crippen molar-refractivity contribution in [2.75, 3.05) is 33.2 Å². The van der Waals surface area contributed by atoms with E-state index in [1.54, 1.807) is 11.9 Å². The molecule has 2 heterocycles. The Balaban J connectivity index is 1.63. The average molecular weight is 448 g/mol. The van der Waals surface area contributed by atoms with E-state index in [9.17, 15) is 14.4 Å². The molecule has 2 saturated heterocycles. The van der Waals surface area contributed by atoms with Crippen molar-refractivity contribution in [3.63, 3.8) is 0 Å². The number of nitrogens with zero attached hydrogens (tertiary/aromatic N) is 2. The summed E-state index contributed by atoms with van der Waals surface area (Å²) in [5.41, 5.74) is 2.66. The van der Waals surface area contributed by atoms with Gasteiger partial charge in [0.25, 0.3) is 0 Å². The minimum absolute atomic E-state index is 0.00239. The second kappa shape index (κ2) is 9.77. The molecule has 0 aliphatic carbocycles. The van der Waals surface area contributed by atoms with Crippen LogP contribution in [0, 0.1) is 11.3 Å². The Labute approximate surface area is 196 Å². The zero-order valence-corrected chi connectivity index (χ0v) is 19.5. The molecule has 2 aliphatic heterocycles. The lowest BCUT2D eigenvalue weighted by atomic mass is 9.73. The van der Waals surface area contributed by atoms with Crippen molar-refractivity contribution in [3.8, 4) is 11.1 Å². The first-order chi connectivity index (χ1) is 15.9. The molecule has 2 aromatic rings. The Morgan fingerprint density at radius 1 is 1.09 bits per heavy atom. The molecule has 0 spiro atoms. The highest BCUT2D eigenvalue weighted by Gasteiger charge is 2.45. The number of carbonyl (C=O) groups excluding carboxylic acids is 3. The normalized spacial score (nSPS) is 23.0. The molecule has 6 nitrogen and oxygen atoms in total. The molecular formula is C27H33N3O3. The third kappa shape index (κ3) is 4.80. The standard InChI is InChI=1S/C27H33N3O3/c1-3-28-26(33)27(17-21-12-7-8-13-23(21)20-10-5-4-6-11-20)14-9-15-30(19-27)25(32)22-16-24(31)29(2)18-22/h4-8,10-13,22H,3,9,14-19H2,1-2H3,(H,28,33)/t22-,27+/m0/s1. The fraction of sp³-hybridized carbons (Fsp3) is 0.444. The van der Waals surface area contributed by atoms with Crippen molar-refractivity contribution in [1.29, 1.82) is 0 Å². The number of hydrogen-bond donors (Lipinski definition) is 1. The van der Waals surface area contributed by atoms with Gasteiger partial charge in [-0.05, 0) is 42.9 Å². The second-order valence-corrected chi connectivity index (χ2v) is 9.38. The van der Waals surface area contributed by atoms with Crippen LogP contribution in [0.25, 0.3) is 11.1 Å². The van der Waals surface area contributed by atoms with Gasteiger partial charge in [-0.25, -0.2) is 0 Å². The SMILES string of the molecule is CCNC(=O)[C@@]1(Cc2ccccc2-c2ccccc2)CCCN(C(=O)[C@H]2CC(=O)N(C)C2)C1. The molecule has 0 unspecified atom stereocenters. The van der Waals surface area contributed by atoms with E-state index in [1.165, 1.54) is 0 Å². The maximum absolute atomic E-state index is 13.5. The molecule has 2 aliphatic rings. The molecule has 33 heavy (non-hydrogen) atoms. The van der Waals surface area contributed by atoms with E-state index >= 15 is 0 Å². The van der Waals surface area contributed by atoms with Gasteiger partial charge in [0.15, 0.2) is 0 Å². The topological polar surface area (TPSA) is 69.7 Å². The lowest BCUT2D eigenvalue weighted by Crippen LogP contribution is -2.55. The summed E-state index contributed by atoms with van der Waals surface area (Å²) in [5, 5.41) is 3.04. The summed E-state index contributed by atoms with van der Waals surface area (Å²) in [7, 11) is 1.74. The third-order valence-electron chi connectivity index (χ3n) is 7.03.